The van der Waals surface area contributed by atoms with Gasteiger partial charge in [-0.25, -0.2) is 8.42 Å². The summed E-state index contributed by atoms with van der Waals surface area (Å²) in [6, 6.07) is 21.4. The van der Waals surface area contributed by atoms with E-state index in [0.29, 0.717) is 37.0 Å². The third kappa shape index (κ3) is 6.75. The lowest BCUT2D eigenvalue weighted by molar-refractivity contribution is -0.131. The molecule has 200 valence electrons. The first kappa shape index (κ1) is 27.7. The zero-order chi connectivity index (χ0) is 27.1. The summed E-state index contributed by atoms with van der Waals surface area (Å²) in [6.07, 6.45) is 4.21. The summed E-state index contributed by atoms with van der Waals surface area (Å²) < 4.78 is 34.1. The molecule has 1 aliphatic rings. The van der Waals surface area contributed by atoms with E-state index in [1.54, 1.807) is 41.3 Å². The fourth-order valence-corrected chi connectivity index (χ4v) is 5.88. The van der Waals surface area contributed by atoms with Gasteiger partial charge in [-0.2, -0.15) is 0 Å². The second-order valence-electron chi connectivity index (χ2n) is 9.14. The van der Waals surface area contributed by atoms with Crippen molar-refractivity contribution in [1.29, 1.82) is 0 Å². The molecule has 38 heavy (non-hydrogen) atoms. The van der Waals surface area contributed by atoms with Crippen LogP contribution in [0, 0.1) is 6.92 Å². The molecule has 9 heteroatoms. The van der Waals surface area contributed by atoms with Crippen molar-refractivity contribution in [3.63, 3.8) is 0 Å². The second kappa shape index (κ2) is 12.5. The number of sulfonamides is 1. The highest BCUT2D eigenvalue weighted by molar-refractivity contribution is 7.92. The van der Waals surface area contributed by atoms with Crippen LogP contribution in [-0.4, -0.2) is 70.5 Å². The van der Waals surface area contributed by atoms with Crippen molar-refractivity contribution in [2.45, 2.75) is 11.8 Å². The molecule has 0 unspecified atom stereocenters. The van der Waals surface area contributed by atoms with Gasteiger partial charge in [-0.1, -0.05) is 71.8 Å². The van der Waals surface area contributed by atoms with E-state index in [0.717, 1.165) is 22.0 Å². The number of methoxy groups -OCH3 is 1. The lowest BCUT2D eigenvalue weighted by Gasteiger charge is -2.35. The number of hydrogen-bond donors (Lipinski definition) is 0. The van der Waals surface area contributed by atoms with Crippen LogP contribution < -0.4 is 9.04 Å². The highest BCUT2D eigenvalue weighted by atomic mass is 35.5. The zero-order valence-electron chi connectivity index (χ0n) is 21.6. The van der Waals surface area contributed by atoms with E-state index in [2.05, 4.69) is 29.2 Å². The third-order valence-corrected chi connectivity index (χ3v) is 8.50. The Balaban J connectivity index is 1.49. The molecule has 0 aromatic heterocycles. The molecule has 1 saturated heterocycles. The van der Waals surface area contributed by atoms with Crippen molar-refractivity contribution in [1.82, 2.24) is 9.80 Å². The van der Waals surface area contributed by atoms with Gasteiger partial charge in [0, 0.05) is 37.7 Å². The zero-order valence-corrected chi connectivity index (χ0v) is 23.2. The van der Waals surface area contributed by atoms with Gasteiger partial charge in [0.2, 0.25) is 5.91 Å². The minimum Gasteiger partial charge on any atom is -0.495 e. The summed E-state index contributed by atoms with van der Waals surface area (Å²) in [5.41, 5.74) is 2.30. The standard InChI is InChI=1S/C29H32ClN3O4S/c1-23-10-13-26(14-11-23)38(35,36)33(27-21-25(30)12-15-28(27)37-2)22-29(34)32-19-17-31(18-20-32)16-6-9-24-7-4-3-5-8-24/h3-15,21H,16-20,22H2,1-2H3/b9-6+. The number of halogens is 1. The third-order valence-electron chi connectivity index (χ3n) is 6.50. The fourth-order valence-electron chi connectivity index (χ4n) is 4.30. The Morgan fingerprint density at radius 2 is 1.68 bits per heavy atom. The first-order valence-electron chi connectivity index (χ1n) is 12.4. The van der Waals surface area contributed by atoms with E-state index < -0.39 is 10.0 Å². The van der Waals surface area contributed by atoms with Crippen LogP contribution in [0.5, 0.6) is 5.75 Å². The van der Waals surface area contributed by atoms with Crippen LogP contribution in [0.2, 0.25) is 5.02 Å². The summed E-state index contributed by atoms with van der Waals surface area (Å²) in [5.74, 6) is 0.0371. The fraction of sp³-hybridized carbons (Fsp3) is 0.276. The topological polar surface area (TPSA) is 70.2 Å². The Morgan fingerprint density at radius 1 is 1.00 bits per heavy atom. The van der Waals surface area contributed by atoms with Crippen LogP contribution in [0.25, 0.3) is 6.08 Å². The van der Waals surface area contributed by atoms with Gasteiger partial charge in [0.25, 0.3) is 10.0 Å². The highest BCUT2D eigenvalue weighted by Crippen LogP contribution is 2.35. The summed E-state index contributed by atoms with van der Waals surface area (Å²) in [4.78, 5) is 17.5. The molecule has 1 aliphatic heterocycles. The van der Waals surface area contributed by atoms with Gasteiger partial charge in [-0.3, -0.25) is 14.0 Å². The molecule has 4 rings (SSSR count). The number of anilines is 1. The largest absolute Gasteiger partial charge is 0.495 e. The predicted molar refractivity (Wildman–Crippen MR) is 152 cm³/mol. The monoisotopic (exact) mass is 553 g/mol. The maximum atomic E-state index is 13.8. The number of nitrogens with zero attached hydrogens (tertiary/aromatic N) is 3. The number of carbonyl (C=O) groups excluding carboxylic acids is 1. The van der Waals surface area contributed by atoms with E-state index >= 15 is 0 Å². The van der Waals surface area contributed by atoms with Gasteiger partial charge in [-0.15, -0.1) is 0 Å². The Labute approximate surface area is 229 Å². The average Bonchev–Trinajstić information content (AvgIpc) is 2.92. The first-order chi connectivity index (χ1) is 18.3. The van der Waals surface area contributed by atoms with E-state index in [1.807, 2.05) is 25.1 Å². The SMILES string of the molecule is COc1ccc(Cl)cc1N(CC(=O)N1CCN(C/C=C/c2ccccc2)CC1)S(=O)(=O)c1ccc(C)cc1. The summed E-state index contributed by atoms with van der Waals surface area (Å²) in [5, 5.41) is 0.342. The Hall–Kier alpha value is -3.33. The van der Waals surface area contributed by atoms with E-state index in [-0.39, 0.29) is 23.0 Å². The molecule has 0 radical (unpaired) electrons. The predicted octanol–water partition coefficient (Wildman–Crippen LogP) is 4.71. The van der Waals surface area contributed by atoms with Gasteiger partial charge < -0.3 is 9.64 Å². The van der Waals surface area contributed by atoms with Gasteiger partial charge in [0.05, 0.1) is 17.7 Å². The van der Waals surface area contributed by atoms with E-state index in [9.17, 15) is 13.2 Å². The van der Waals surface area contributed by atoms with Crippen molar-refractivity contribution in [2.75, 3.05) is 50.7 Å². The van der Waals surface area contributed by atoms with Crippen LogP contribution in [-0.2, 0) is 14.8 Å². The summed E-state index contributed by atoms with van der Waals surface area (Å²) in [6.45, 7) is 4.75. The first-order valence-corrected chi connectivity index (χ1v) is 14.2. The smallest absolute Gasteiger partial charge is 0.264 e. The minimum atomic E-state index is -4.08. The van der Waals surface area contributed by atoms with Crippen LogP contribution >= 0.6 is 11.6 Å². The molecular formula is C29H32ClN3O4S. The Bertz CT molecular complexity index is 1370. The minimum absolute atomic E-state index is 0.0907. The maximum Gasteiger partial charge on any atom is 0.264 e. The van der Waals surface area contributed by atoms with Crippen molar-refractivity contribution in [2.24, 2.45) is 0 Å². The van der Waals surface area contributed by atoms with Gasteiger partial charge in [-0.05, 0) is 42.8 Å². The number of rotatable bonds is 9. The maximum absolute atomic E-state index is 13.8. The quantitative estimate of drug-likeness (QED) is 0.384. The molecule has 0 N–H and O–H groups in total. The van der Waals surface area contributed by atoms with Crippen molar-refractivity contribution >= 4 is 39.3 Å². The van der Waals surface area contributed by atoms with Crippen molar-refractivity contribution in [3.05, 3.63) is 95.0 Å². The van der Waals surface area contributed by atoms with Gasteiger partial charge >= 0.3 is 0 Å². The Kier molecular flexibility index (Phi) is 9.09. The normalized spacial score (nSPS) is 14.6. The molecule has 0 spiro atoms. The van der Waals surface area contributed by atoms with E-state index in [1.165, 1.54) is 13.2 Å². The molecule has 3 aromatic carbocycles. The van der Waals surface area contributed by atoms with Crippen LogP contribution in [0.3, 0.4) is 0 Å². The number of hydrogen-bond acceptors (Lipinski definition) is 5. The van der Waals surface area contributed by atoms with Crippen LogP contribution in [0.1, 0.15) is 11.1 Å². The van der Waals surface area contributed by atoms with E-state index in [4.69, 9.17) is 16.3 Å². The molecule has 1 fully saturated rings. The number of ether oxygens (including phenoxy) is 1. The molecule has 7 nitrogen and oxygen atoms in total. The summed E-state index contributed by atoms with van der Waals surface area (Å²) >= 11 is 6.23. The molecule has 1 heterocycles. The van der Waals surface area contributed by atoms with Gasteiger partial charge in [0.1, 0.15) is 12.3 Å². The van der Waals surface area contributed by atoms with Crippen molar-refractivity contribution < 1.29 is 17.9 Å². The highest BCUT2D eigenvalue weighted by Gasteiger charge is 2.32. The van der Waals surface area contributed by atoms with Gasteiger partial charge in [0.15, 0.2) is 0 Å². The average molecular weight is 554 g/mol. The lowest BCUT2D eigenvalue weighted by atomic mass is 10.2. The summed E-state index contributed by atoms with van der Waals surface area (Å²) in [7, 11) is -2.62. The molecule has 0 aliphatic carbocycles. The molecule has 0 bridgehead atoms. The number of carbonyl (C=O) groups is 1. The molecule has 0 atom stereocenters. The number of aryl methyl sites for hydroxylation is 1. The number of amides is 1. The second-order valence-corrected chi connectivity index (χ2v) is 11.4. The van der Waals surface area contributed by atoms with Crippen molar-refractivity contribution in [3.8, 4) is 5.75 Å². The molecule has 0 saturated carbocycles. The Morgan fingerprint density at radius 3 is 2.34 bits per heavy atom. The van der Waals surface area contributed by atoms with Crippen LogP contribution in [0.15, 0.2) is 83.8 Å². The molecule has 1 amide bonds. The number of benzene rings is 3. The molecule has 3 aromatic rings. The molecular weight excluding hydrogens is 522 g/mol. The number of piperazine rings is 1. The lowest BCUT2D eigenvalue weighted by Crippen LogP contribution is -2.51. The van der Waals surface area contributed by atoms with Crippen LogP contribution in [0.4, 0.5) is 5.69 Å².